The van der Waals surface area contributed by atoms with Gasteiger partial charge in [0.1, 0.15) is 11.6 Å². The Labute approximate surface area is 171 Å². The van der Waals surface area contributed by atoms with E-state index in [1.807, 2.05) is 51.9 Å². The molecule has 0 fully saturated rings. The number of benzene rings is 2. The average Bonchev–Trinajstić information content (AvgIpc) is 3.03. The standard InChI is InChI=1S/C21H28N4O3S/c1-21(2,3)16-8-6-7-15(19(16)26)20-23-17-10-9-14(13-18(17)24-20)29(27,28)22-11-12-25(4)5/h6-10,13,22,26H,11-12H2,1-5H3,(H,23,24). The second-order valence-electron chi connectivity index (χ2n) is 8.42. The molecule has 156 valence electrons. The number of para-hydroxylation sites is 1. The minimum absolute atomic E-state index is 0.173. The van der Waals surface area contributed by atoms with Crippen molar-refractivity contribution in [2.45, 2.75) is 31.1 Å². The van der Waals surface area contributed by atoms with Gasteiger partial charge >= 0.3 is 0 Å². The molecule has 0 aliphatic heterocycles. The van der Waals surface area contributed by atoms with Crippen molar-refractivity contribution < 1.29 is 13.5 Å². The number of imidazole rings is 1. The molecule has 3 rings (SSSR count). The number of fused-ring (bicyclic) bond motifs is 1. The Morgan fingerprint density at radius 1 is 1.17 bits per heavy atom. The number of phenolic OH excluding ortho intramolecular Hbond substituents is 1. The SMILES string of the molecule is CN(C)CCNS(=O)(=O)c1ccc2nc(-c3cccc(C(C)(C)C)c3O)[nH]c2c1. The van der Waals surface area contributed by atoms with E-state index in [2.05, 4.69) is 14.7 Å². The lowest BCUT2D eigenvalue weighted by atomic mass is 9.85. The smallest absolute Gasteiger partial charge is 0.240 e. The largest absolute Gasteiger partial charge is 0.507 e. The lowest BCUT2D eigenvalue weighted by Crippen LogP contribution is -2.31. The zero-order valence-corrected chi connectivity index (χ0v) is 18.3. The van der Waals surface area contributed by atoms with Crippen molar-refractivity contribution in [1.82, 2.24) is 19.6 Å². The molecule has 0 saturated heterocycles. The third-order valence-electron chi connectivity index (χ3n) is 4.71. The fourth-order valence-electron chi connectivity index (χ4n) is 3.11. The lowest BCUT2D eigenvalue weighted by molar-refractivity contribution is 0.412. The maximum Gasteiger partial charge on any atom is 0.240 e. The summed E-state index contributed by atoms with van der Waals surface area (Å²) in [6.07, 6.45) is 0. The molecule has 3 N–H and O–H groups in total. The molecular weight excluding hydrogens is 388 g/mol. The first-order chi connectivity index (χ1) is 13.5. The van der Waals surface area contributed by atoms with E-state index in [1.54, 1.807) is 18.2 Å². The van der Waals surface area contributed by atoms with Crippen LogP contribution in [0.5, 0.6) is 5.75 Å². The van der Waals surface area contributed by atoms with E-state index < -0.39 is 10.0 Å². The van der Waals surface area contributed by atoms with Gasteiger partial charge in [-0.15, -0.1) is 0 Å². The molecule has 0 unspecified atom stereocenters. The topological polar surface area (TPSA) is 98.3 Å². The van der Waals surface area contributed by atoms with Gasteiger partial charge in [0.15, 0.2) is 0 Å². The normalized spacial score (nSPS) is 12.8. The molecule has 29 heavy (non-hydrogen) atoms. The van der Waals surface area contributed by atoms with Crippen LogP contribution in [0.15, 0.2) is 41.3 Å². The number of hydrogen-bond acceptors (Lipinski definition) is 5. The predicted octanol–water partition coefficient (Wildman–Crippen LogP) is 3.07. The number of aromatic amines is 1. The van der Waals surface area contributed by atoms with Crippen LogP contribution in [0.4, 0.5) is 0 Å². The van der Waals surface area contributed by atoms with Crippen molar-refractivity contribution in [2.24, 2.45) is 0 Å². The Kier molecular flexibility index (Phi) is 5.71. The van der Waals surface area contributed by atoms with Crippen LogP contribution in [0.3, 0.4) is 0 Å². The third-order valence-corrected chi connectivity index (χ3v) is 6.17. The number of nitrogens with zero attached hydrogens (tertiary/aromatic N) is 2. The molecule has 0 spiro atoms. The van der Waals surface area contributed by atoms with Gasteiger partial charge in [0, 0.05) is 13.1 Å². The van der Waals surface area contributed by atoms with E-state index in [1.165, 1.54) is 6.07 Å². The van der Waals surface area contributed by atoms with Crippen molar-refractivity contribution in [1.29, 1.82) is 0 Å². The van der Waals surface area contributed by atoms with Crippen molar-refractivity contribution in [3.63, 3.8) is 0 Å². The quantitative estimate of drug-likeness (QED) is 0.574. The summed E-state index contributed by atoms with van der Waals surface area (Å²) in [6, 6.07) is 10.3. The molecule has 8 heteroatoms. The number of hydrogen-bond donors (Lipinski definition) is 3. The first-order valence-electron chi connectivity index (χ1n) is 9.46. The highest BCUT2D eigenvalue weighted by atomic mass is 32.2. The molecule has 2 aromatic carbocycles. The molecule has 0 aliphatic carbocycles. The van der Waals surface area contributed by atoms with E-state index in [0.29, 0.717) is 35.5 Å². The Hall–Kier alpha value is -2.42. The summed E-state index contributed by atoms with van der Waals surface area (Å²) in [5.41, 5.74) is 2.42. The minimum atomic E-state index is -3.61. The fourth-order valence-corrected chi connectivity index (χ4v) is 4.16. The number of sulfonamides is 1. The molecule has 3 aromatic rings. The summed E-state index contributed by atoms with van der Waals surface area (Å²) >= 11 is 0. The molecule has 0 atom stereocenters. The van der Waals surface area contributed by atoms with Gasteiger partial charge in [-0.2, -0.15) is 0 Å². The number of phenols is 1. The van der Waals surface area contributed by atoms with Crippen LogP contribution in [0.1, 0.15) is 26.3 Å². The zero-order chi connectivity index (χ0) is 21.4. The molecule has 0 saturated carbocycles. The second kappa shape index (κ2) is 7.78. The van der Waals surface area contributed by atoms with Gasteiger partial charge in [0.05, 0.1) is 21.5 Å². The molecule has 1 heterocycles. The maximum atomic E-state index is 12.5. The van der Waals surface area contributed by atoms with Crippen LogP contribution >= 0.6 is 0 Å². The van der Waals surface area contributed by atoms with Crippen LogP contribution in [0, 0.1) is 0 Å². The van der Waals surface area contributed by atoms with Crippen molar-refractivity contribution in [3.8, 4) is 17.1 Å². The number of rotatable bonds is 6. The minimum Gasteiger partial charge on any atom is -0.507 e. The van der Waals surface area contributed by atoms with Crippen LogP contribution in [0.2, 0.25) is 0 Å². The maximum absolute atomic E-state index is 12.5. The van der Waals surface area contributed by atoms with Gasteiger partial charge in [0.25, 0.3) is 0 Å². The molecule has 0 radical (unpaired) electrons. The first-order valence-corrected chi connectivity index (χ1v) is 10.9. The highest BCUT2D eigenvalue weighted by Gasteiger charge is 2.22. The highest BCUT2D eigenvalue weighted by Crippen LogP contribution is 2.37. The molecule has 0 bridgehead atoms. The van der Waals surface area contributed by atoms with E-state index in [-0.39, 0.29) is 16.1 Å². The van der Waals surface area contributed by atoms with Gasteiger partial charge in [-0.3, -0.25) is 0 Å². The number of likely N-dealkylation sites (N-methyl/N-ethyl adjacent to an activating group) is 1. The molecule has 1 aromatic heterocycles. The highest BCUT2D eigenvalue weighted by molar-refractivity contribution is 7.89. The summed E-state index contributed by atoms with van der Waals surface area (Å²) in [5, 5.41) is 10.8. The van der Waals surface area contributed by atoms with Crippen molar-refractivity contribution >= 4 is 21.1 Å². The van der Waals surface area contributed by atoms with Crippen molar-refractivity contribution in [3.05, 3.63) is 42.0 Å². The van der Waals surface area contributed by atoms with Crippen LogP contribution in [-0.4, -0.2) is 55.6 Å². The Morgan fingerprint density at radius 3 is 2.55 bits per heavy atom. The Morgan fingerprint density at radius 2 is 1.90 bits per heavy atom. The van der Waals surface area contributed by atoms with Gasteiger partial charge in [-0.05, 0) is 49.3 Å². The lowest BCUT2D eigenvalue weighted by Gasteiger charge is -2.21. The van der Waals surface area contributed by atoms with E-state index >= 15 is 0 Å². The summed E-state index contributed by atoms with van der Waals surface area (Å²) in [6.45, 7) is 7.04. The van der Waals surface area contributed by atoms with Gasteiger partial charge < -0.3 is 15.0 Å². The number of H-pyrrole nitrogens is 1. The average molecular weight is 417 g/mol. The van der Waals surface area contributed by atoms with E-state index in [0.717, 1.165) is 5.56 Å². The first kappa shape index (κ1) is 21.3. The van der Waals surface area contributed by atoms with Gasteiger partial charge in [0.2, 0.25) is 10.0 Å². The molecular formula is C21H28N4O3S. The number of aromatic hydroxyl groups is 1. The Bertz CT molecular complexity index is 1130. The summed E-state index contributed by atoms with van der Waals surface area (Å²) in [4.78, 5) is 9.77. The Balaban J connectivity index is 1.97. The number of aromatic nitrogens is 2. The molecule has 7 nitrogen and oxygen atoms in total. The zero-order valence-electron chi connectivity index (χ0n) is 17.4. The van der Waals surface area contributed by atoms with Crippen LogP contribution in [0.25, 0.3) is 22.4 Å². The van der Waals surface area contributed by atoms with E-state index in [4.69, 9.17) is 0 Å². The summed E-state index contributed by atoms with van der Waals surface area (Å²) in [5.74, 6) is 0.677. The predicted molar refractivity (Wildman–Crippen MR) is 116 cm³/mol. The van der Waals surface area contributed by atoms with E-state index in [9.17, 15) is 13.5 Å². The second-order valence-corrected chi connectivity index (χ2v) is 10.2. The van der Waals surface area contributed by atoms with Crippen LogP contribution < -0.4 is 4.72 Å². The third kappa shape index (κ3) is 4.60. The summed E-state index contributed by atoms with van der Waals surface area (Å²) < 4.78 is 27.7. The summed E-state index contributed by atoms with van der Waals surface area (Å²) in [7, 11) is 0.160. The van der Waals surface area contributed by atoms with Crippen LogP contribution in [-0.2, 0) is 15.4 Å². The number of nitrogens with one attached hydrogen (secondary N) is 2. The molecule has 0 amide bonds. The molecule has 0 aliphatic rings. The van der Waals surface area contributed by atoms with Gasteiger partial charge in [-0.25, -0.2) is 18.1 Å². The van der Waals surface area contributed by atoms with Crippen molar-refractivity contribution in [2.75, 3.05) is 27.2 Å². The monoisotopic (exact) mass is 416 g/mol. The van der Waals surface area contributed by atoms with Gasteiger partial charge in [-0.1, -0.05) is 32.9 Å². The fraction of sp³-hybridized carbons (Fsp3) is 0.381.